The molecule has 0 unspecified atom stereocenters. The molecule has 2 saturated heterocycles. The zero-order chi connectivity index (χ0) is 25.1. The first-order valence-electron chi connectivity index (χ1n) is 12.8. The highest BCUT2D eigenvalue weighted by Gasteiger charge is 2.26. The number of carbonyl (C=O) groups is 1. The van der Waals surface area contributed by atoms with Crippen LogP contribution in [-0.4, -0.2) is 72.6 Å². The quantitative estimate of drug-likeness (QED) is 0.557. The molecule has 2 aliphatic heterocycles. The lowest BCUT2D eigenvalue weighted by atomic mass is 10.1. The lowest BCUT2D eigenvalue weighted by molar-refractivity contribution is 0.0737. The summed E-state index contributed by atoms with van der Waals surface area (Å²) in [4.78, 5) is 22.5. The number of hydrogen-bond acceptors (Lipinski definition) is 5. The molecule has 5 rings (SSSR count). The number of amides is 1. The molecule has 0 saturated carbocycles. The number of nitriles is 1. The van der Waals surface area contributed by atoms with Gasteiger partial charge in [0, 0.05) is 77.3 Å². The van der Waals surface area contributed by atoms with Crippen molar-refractivity contribution in [2.45, 2.75) is 13.5 Å². The van der Waals surface area contributed by atoms with Crippen LogP contribution in [-0.2, 0) is 13.6 Å². The molecule has 0 bridgehead atoms. The van der Waals surface area contributed by atoms with E-state index in [0.717, 1.165) is 81.5 Å². The molecular formula is C29H34N6O. The lowest BCUT2D eigenvalue weighted by Gasteiger charge is -2.36. The average molecular weight is 483 g/mol. The Hall–Kier alpha value is -3.76. The maximum absolute atomic E-state index is 13.4. The van der Waals surface area contributed by atoms with Crippen LogP contribution in [0, 0.1) is 18.3 Å². The molecule has 186 valence electrons. The number of rotatable bonds is 5. The average Bonchev–Trinajstić information content (AvgIpc) is 3.22. The summed E-state index contributed by atoms with van der Waals surface area (Å²) in [5, 5.41) is 9.44. The van der Waals surface area contributed by atoms with Crippen molar-refractivity contribution in [1.29, 1.82) is 5.26 Å². The Bertz CT molecular complexity index is 1240. The summed E-state index contributed by atoms with van der Waals surface area (Å²) in [6, 6.07) is 22.7. The minimum atomic E-state index is 0.123. The van der Waals surface area contributed by atoms with E-state index in [1.807, 2.05) is 42.3 Å². The Kier molecular flexibility index (Phi) is 6.97. The van der Waals surface area contributed by atoms with Gasteiger partial charge in [0.2, 0.25) is 0 Å². The Morgan fingerprint density at radius 1 is 0.861 bits per heavy atom. The Morgan fingerprint density at radius 2 is 1.50 bits per heavy atom. The van der Waals surface area contributed by atoms with Gasteiger partial charge in [0.1, 0.15) is 11.8 Å². The maximum Gasteiger partial charge on any atom is 0.270 e. The molecule has 3 heterocycles. The molecule has 0 spiro atoms. The van der Waals surface area contributed by atoms with E-state index in [1.54, 1.807) is 0 Å². The fraction of sp³-hybridized carbons (Fsp3) is 0.379. The number of carbonyl (C=O) groups excluding carboxylic acids is 1. The molecule has 0 radical (unpaired) electrons. The Balaban J connectivity index is 1.20. The monoisotopic (exact) mass is 482 g/mol. The van der Waals surface area contributed by atoms with Gasteiger partial charge in [-0.25, -0.2) is 0 Å². The molecule has 7 nitrogen and oxygen atoms in total. The van der Waals surface area contributed by atoms with Crippen LogP contribution in [0.25, 0.3) is 0 Å². The first-order chi connectivity index (χ1) is 17.5. The van der Waals surface area contributed by atoms with Gasteiger partial charge in [0.25, 0.3) is 5.91 Å². The summed E-state index contributed by atoms with van der Waals surface area (Å²) in [6.07, 6.45) is 0. The predicted octanol–water partition coefficient (Wildman–Crippen LogP) is 3.49. The SMILES string of the molecule is Cc1c(CN2CCN(c3ccccc3C#N)CC2)cc(C(=O)N2CCN(c3ccccc3)CC2)n1C. The topological polar surface area (TPSA) is 58.8 Å². The molecule has 1 aromatic heterocycles. The summed E-state index contributed by atoms with van der Waals surface area (Å²) < 4.78 is 2.06. The molecule has 0 N–H and O–H groups in total. The highest BCUT2D eigenvalue weighted by atomic mass is 16.2. The molecule has 0 aliphatic carbocycles. The fourth-order valence-corrected chi connectivity index (χ4v) is 5.33. The van der Waals surface area contributed by atoms with E-state index < -0.39 is 0 Å². The van der Waals surface area contributed by atoms with Crippen molar-refractivity contribution in [1.82, 2.24) is 14.4 Å². The number of hydrogen-bond donors (Lipinski definition) is 0. The molecule has 7 heteroatoms. The van der Waals surface area contributed by atoms with Gasteiger partial charge in [-0.2, -0.15) is 5.26 Å². The molecule has 36 heavy (non-hydrogen) atoms. The van der Waals surface area contributed by atoms with Crippen LogP contribution >= 0.6 is 0 Å². The number of piperazine rings is 2. The van der Waals surface area contributed by atoms with E-state index in [2.05, 4.69) is 62.6 Å². The van der Waals surface area contributed by atoms with Crippen molar-refractivity contribution < 1.29 is 4.79 Å². The van der Waals surface area contributed by atoms with Crippen LogP contribution in [0.3, 0.4) is 0 Å². The zero-order valence-electron chi connectivity index (χ0n) is 21.2. The molecule has 0 atom stereocenters. The number of anilines is 2. The molecule has 1 amide bonds. The molecule has 2 fully saturated rings. The van der Waals surface area contributed by atoms with Gasteiger partial charge in [-0.15, -0.1) is 0 Å². The van der Waals surface area contributed by atoms with Gasteiger partial charge >= 0.3 is 0 Å². The molecule has 2 aliphatic rings. The standard InChI is InChI=1S/C29H34N6O/c1-23-25(22-32-12-14-34(15-13-32)27-11-7-6-8-24(27)21-30)20-28(31(23)2)29(36)35-18-16-33(17-19-35)26-9-4-3-5-10-26/h3-11,20H,12-19,22H2,1-2H3. The second-order valence-corrected chi connectivity index (χ2v) is 9.71. The van der Waals surface area contributed by atoms with Crippen molar-refractivity contribution in [3.05, 3.63) is 83.2 Å². The van der Waals surface area contributed by atoms with E-state index in [0.29, 0.717) is 0 Å². The molecule has 3 aromatic rings. The van der Waals surface area contributed by atoms with Crippen LogP contribution in [0.2, 0.25) is 0 Å². The van der Waals surface area contributed by atoms with Crippen LogP contribution in [0.5, 0.6) is 0 Å². The van der Waals surface area contributed by atoms with Gasteiger partial charge in [-0.05, 0) is 42.8 Å². The van der Waals surface area contributed by atoms with Crippen LogP contribution in [0.4, 0.5) is 11.4 Å². The van der Waals surface area contributed by atoms with Gasteiger partial charge in [-0.3, -0.25) is 9.69 Å². The summed E-state index contributed by atoms with van der Waals surface area (Å²) in [5.74, 6) is 0.123. The second kappa shape index (κ2) is 10.5. The van der Waals surface area contributed by atoms with Gasteiger partial charge < -0.3 is 19.3 Å². The van der Waals surface area contributed by atoms with E-state index in [-0.39, 0.29) is 5.91 Å². The summed E-state index contributed by atoms with van der Waals surface area (Å²) in [6.45, 7) is 9.76. The first kappa shape index (κ1) is 24.0. The van der Waals surface area contributed by atoms with E-state index in [9.17, 15) is 10.1 Å². The normalized spacial score (nSPS) is 16.8. The number of aromatic nitrogens is 1. The third kappa shape index (κ3) is 4.82. The fourth-order valence-electron chi connectivity index (χ4n) is 5.33. The number of nitrogens with zero attached hydrogens (tertiary/aromatic N) is 6. The summed E-state index contributed by atoms with van der Waals surface area (Å²) in [5.41, 5.74) is 6.12. The van der Waals surface area contributed by atoms with Gasteiger partial charge in [0.15, 0.2) is 0 Å². The Labute approximate surface area is 213 Å². The number of para-hydroxylation sites is 2. The van der Waals surface area contributed by atoms with Crippen LogP contribution < -0.4 is 9.80 Å². The minimum Gasteiger partial charge on any atom is -0.368 e. The van der Waals surface area contributed by atoms with Crippen molar-refractivity contribution >= 4 is 17.3 Å². The van der Waals surface area contributed by atoms with Crippen molar-refractivity contribution in [2.75, 3.05) is 62.2 Å². The van der Waals surface area contributed by atoms with Crippen molar-refractivity contribution in [3.63, 3.8) is 0 Å². The number of benzene rings is 2. The molecule has 2 aromatic carbocycles. The summed E-state index contributed by atoms with van der Waals surface area (Å²) >= 11 is 0. The van der Waals surface area contributed by atoms with Crippen LogP contribution in [0.15, 0.2) is 60.7 Å². The molecular weight excluding hydrogens is 448 g/mol. The van der Waals surface area contributed by atoms with Crippen LogP contribution in [0.1, 0.15) is 27.3 Å². The first-order valence-corrected chi connectivity index (χ1v) is 12.8. The largest absolute Gasteiger partial charge is 0.368 e. The van der Waals surface area contributed by atoms with Gasteiger partial charge in [0.05, 0.1) is 11.3 Å². The second-order valence-electron chi connectivity index (χ2n) is 9.71. The van der Waals surface area contributed by atoms with E-state index >= 15 is 0 Å². The lowest BCUT2D eigenvalue weighted by Crippen LogP contribution is -2.49. The Morgan fingerprint density at radius 3 is 2.19 bits per heavy atom. The third-order valence-corrected chi connectivity index (χ3v) is 7.68. The maximum atomic E-state index is 13.4. The minimum absolute atomic E-state index is 0.123. The van der Waals surface area contributed by atoms with Crippen molar-refractivity contribution in [2.24, 2.45) is 7.05 Å². The predicted molar refractivity (Wildman–Crippen MR) is 143 cm³/mol. The third-order valence-electron chi connectivity index (χ3n) is 7.68. The summed E-state index contributed by atoms with van der Waals surface area (Å²) in [7, 11) is 2.00. The zero-order valence-corrected chi connectivity index (χ0v) is 21.2. The highest BCUT2D eigenvalue weighted by Crippen LogP contribution is 2.24. The van der Waals surface area contributed by atoms with E-state index in [1.165, 1.54) is 11.3 Å². The van der Waals surface area contributed by atoms with E-state index in [4.69, 9.17) is 0 Å². The highest BCUT2D eigenvalue weighted by molar-refractivity contribution is 5.93. The van der Waals surface area contributed by atoms with Gasteiger partial charge in [-0.1, -0.05) is 30.3 Å². The smallest absolute Gasteiger partial charge is 0.270 e. The van der Waals surface area contributed by atoms with Crippen molar-refractivity contribution in [3.8, 4) is 6.07 Å².